The van der Waals surface area contributed by atoms with Gasteiger partial charge in [-0.3, -0.25) is 19.5 Å². The van der Waals surface area contributed by atoms with Crippen molar-refractivity contribution in [2.24, 2.45) is 0 Å². The number of hydrogen-bond donors (Lipinski definition) is 1. The van der Waals surface area contributed by atoms with E-state index in [0.29, 0.717) is 41.6 Å². The number of hydrogen-bond acceptors (Lipinski definition) is 5. The highest BCUT2D eigenvalue weighted by atomic mass is 35.5. The van der Waals surface area contributed by atoms with Gasteiger partial charge in [0.15, 0.2) is 0 Å². The van der Waals surface area contributed by atoms with Crippen LogP contribution < -0.4 is 5.32 Å². The zero-order valence-electron chi connectivity index (χ0n) is 12.7. The maximum atomic E-state index is 12.6. The van der Waals surface area contributed by atoms with Crippen LogP contribution in [-0.2, 0) is 4.79 Å². The Morgan fingerprint density at radius 2 is 2.39 bits per heavy atom. The van der Waals surface area contributed by atoms with Gasteiger partial charge in [-0.1, -0.05) is 11.6 Å². The minimum atomic E-state index is -0.112. The van der Waals surface area contributed by atoms with Gasteiger partial charge in [0.2, 0.25) is 5.91 Å². The monoisotopic (exact) mass is 352 g/mol. The van der Waals surface area contributed by atoms with Crippen LogP contribution >= 0.6 is 22.9 Å². The summed E-state index contributed by atoms with van der Waals surface area (Å²) in [6.45, 7) is 3.06. The van der Waals surface area contributed by atoms with Crippen LogP contribution in [0.5, 0.6) is 0 Å². The highest BCUT2D eigenvalue weighted by Crippen LogP contribution is 2.34. The Balaban J connectivity index is 1.66. The molecule has 3 rings (SSSR count). The average molecular weight is 353 g/mol. The molecule has 2 aromatic rings. The second kappa shape index (κ2) is 6.82. The van der Waals surface area contributed by atoms with E-state index in [9.17, 15) is 9.59 Å². The molecule has 8 heteroatoms. The van der Waals surface area contributed by atoms with E-state index in [1.54, 1.807) is 18.1 Å². The number of rotatable bonds is 4. The number of aromatic nitrogens is 1. The Bertz CT molecular complexity index is 748. The molecule has 0 aliphatic carbocycles. The molecule has 23 heavy (non-hydrogen) atoms. The molecule has 3 heterocycles. The second-order valence-electron chi connectivity index (χ2n) is 5.45. The number of fused-ring (bicyclic) bond motifs is 1. The minimum Gasteiger partial charge on any atom is -0.354 e. The van der Waals surface area contributed by atoms with Crippen LogP contribution in [0.25, 0.3) is 10.2 Å². The maximum Gasteiger partial charge on any atom is 0.265 e. The number of carbonyl (C=O) groups is 2. The predicted octanol–water partition coefficient (Wildman–Crippen LogP) is 1.45. The summed E-state index contributed by atoms with van der Waals surface area (Å²) in [5, 5.41) is 3.20. The van der Waals surface area contributed by atoms with Crippen LogP contribution in [0.3, 0.4) is 0 Å². The van der Waals surface area contributed by atoms with Crippen molar-refractivity contribution in [3.8, 4) is 0 Å². The van der Waals surface area contributed by atoms with Gasteiger partial charge in [-0.2, -0.15) is 0 Å². The average Bonchev–Trinajstić information content (AvgIpc) is 2.89. The van der Waals surface area contributed by atoms with E-state index >= 15 is 0 Å². The van der Waals surface area contributed by atoms with Crippen molar-refractivity contribution in [1.82, 2.24) is 20.1 Å². The first-order chi connectivity index (χ1) is 11.1. The number of amides is 2. The molecule has 6 nitrogen and oxygen atoms in total. The van der Waals surface area contributed by atoms with Gasteiger partial charge in [-0.15, -0.1) is 11.3 Å². The number of carbonyl (C=O) groups excluding carboxylic acids is 2. The van der Waals surface area contributed by atoms with Crippen molar-refractivity contribution >= 4 is 45.0 Å². The SMILES string of the molecule is CN(CCN1CCNC(=O)C1)C(=O)c1sc2cccnc2c1Cl. The first-order valence-corrected chi connectivity index (χ1v) is 8.53. The molecule has 0 spiro atoms. The topological polar surface area (TPSA) is 65.5 Å². The largest absolute Gasteiger partial charge is 0.354 e. The molecule has 2 amide bonds. The number of nitrogens with zero attached hydrogens (tertiary/aromatic N) is 3. The van der Waals surface area contributed by atoms with Gasteiger partial charge in [0, 0.05) is 39.4 Å². The number of piperazine rings is 1. The third-order valence-corrected chi connectivity index (χ3v) is 5.41. The first kappa shape index (κ1) is 16.2. The summed E-state index contributed by atoms with van der Waals surface area (Å²) >= 11 is 7.66. The Morgan fingerprint density at radius 3 is 3.13 bits per heavy atom. The Hall–Kier alpha value is -1.70. The fraction of sp³-hybridized carbons (Fsp3) is 0.400. The van der Waals surface area contributed by atoms with Crippen LogP contribution in [-0.4, -0.2) is 66.4 Å². The minimum absolute atomic E-state index is 0.0313. The van der Waals surface area contributed by atoms with Gasteiger partial charge in [0.1, 0.15) is 10.4 Å². The number of pyridine rings is 1. The molecule has 0 saturated carbocycles. The summed E-state index contributed by atoms with van der Waals surface area (Å²) in [5.41, 5.74) is 0.670. The number of halogens is 1. The molecule has 1 aliphatic heterocycles. The van der Waals surface area contributed by atoms with Crippen LogP contribution in [0, 0.1) is 0 Å². The van der Waals surface area contributed by atoms with Crippen LogP contribution in [0.2, 0.25) is 5.02 Å². The fourth-order valence-electron chi connectivity index (χ4n) is 2.49. The highest BCUT2D eigenvalue weighted by Gasteiger charge is 2.22. The van der Waals surface area contributed by atoms with Gasteiger partial charge in [0.25, 0.3) is 5.91 Å². The normalized spacial score (nSPS) is 15.7. The Kier molecular flexibility index (Phi) is 4.79. The van der Waals surface area contributed by atoms with Crippen molar-refractivity contribution in [3.63, 3.8) is 0 Å². The molecule has 1 fully saturated rings. The standard InChI is InChI=1S/C15H17ClN4O2S/c1-19(7-8-20-6-5-17-11(21)9-20)15(22)14-12(16)13-10(23-14)3-2-4-18-13/h2-4H,5-9H2,1H3,(H,17,21). The summed E-state index contributed by atoms with van der Waals surface area (Å²) in [4.78, 5) is 32.4. The van der Waals surface area contributed by atoms with E-state index in [-0.39, 0.29) is 11.8 Å². The zero-order valence-corrected chi connectivity index (χ0v) is 14.3. The van der Waals surface area contributed by atoms with E-state index in [1.165, 1.54) is 11.3 Å². The summed E-state index contributed by atoms with van der Waals surface area (Å²) in [5.74, 6) is -0.0803. The van der Waals surface area contributed by atoms with Gasteiger partial charge in [0.05, 0.1) is 16.3 Å². The number of likely N-dealkylation sites (N-methyl/N-ethyl adjacent to an activating group) is 1. The molecule has 1 aliphatic rings. The van der Waals surface area contributed by atoms with E-state index in [1.807, 2.05) is 17.0 Å². The van der Waals surface area contributed by atoms with Crippen molar-refractivity contribution in [2.45, 2.75) is 0 Å². The van der Waals surface area contributed by atoms with Crippen LogP contribution in [0.4, 0.5) is 0 Å². The van der Waals surface area contributed by atoms with Crippen molar-refractivity contribution < 1.29 is 9.59 Å². The van der Waals surface area contributed by atoms with Crippen molar-refractivity contribution in [3.05, 3.63) is 28.2 Å². The van der Waals surface area contributed by atoms with Crippen LogP contribution in [0.1, 0.15) is 9.67 Å². The molecule has 0 radical (unpaired) electrons. The molecule has 0 bridgehead atoms. The summed E-state index contributed by atoms with van der Waals surface area (Å²) < 4.78 is 0.905. The maximum absolute atomic E-state index is 12.6. The van der Waals surface area contributed by atoms with Gasteiger partial charge < -0.3 is 10.2 Å². The van der Waals surface area contributed by atoms with E-state index in [0.717, 1.165) is 11.2 Å². The van der Waals surface area contributed by atoms with E-state index < -0.39 is 0 Å². The molecular formula is C15H17ClN4O2S. The lowest BCUT2D eigenvalue weighted by molar-refractivity contribution is -0.124. The quantitative estimate of drug-likeness (QED) is 0.904. The molecule has 1 N–H and O–H groups in total. The molecule has 2 aromatic heterocycles. The second-order valence-corrected chi connectivity index (χ2v) is 6.88. The molecule has 0 aromatic carbocycles. The van der Waals surface area contributed by atoms with Gasteiger partial charge in [-0.05, 0) is 12.1 Å². The molecule has 122 valence electrons. The smallest absolute Gasteiger partial charge is 0.265 e. The summed E-state index contributed by atoms with van der Waals surface area (Å²) in [6, 6.07) is 3.73. The third-order valence-electron chi connectivity index (χ3n) is 3.80. The highest BCUT2D eigenvalue weighted by molar-refractivity contribution is 7.21. The third kappa shape index (κ3) is 3.46. The fourth-order valence-corrected chi connectivity index (χ4v) is 3.94. The van der Waals surface area contributed by atoms with E-state index in [4.69, 9.17) is 11.6 Å². The molecular weight excluding hydrogens is 336 g/mol. The molecule has 0 atom stereocenters. The first-order valence-electron chi connectivity index (χ1n) is 7.34. The predicted molar refractivity (Wildman–Crippen MR) is 91.0 cm³/mol. The number of nitrogens with one attached hydrogen (secondary N) is 1. The lowest BCUT2D eigenvalue weighted by atomic mass is 10.3. The number of thiophene rings is 1. The van der Waals surface area contributed by atoms with Crippen molar-refractivity contribution in [2.75, 3.05) is 39.8 Å². The lowest BCUT2D eigenvalue weighted by Gasteiger charge is -2.28. The van der Waals surface area contributed by atoms with Gasteiger partial charge >= 0.3 is 0 Å². The van der Waals surface area contributed by atoms with Crippen molar-refractivity contribution in [1.29, 1.82) is 0 Å². The molecule has 0 unspecified atom stereocenters. The zero-order chi connectivity index (χ0) is 16.4. The van der Waals surface area contributed by atoms with E-state index in [2.05, 4.69) is 10.3 Å². The van der Waals surface area contributed by atoms with Crippen LogP contribution in [0.15, 0.2) is 18.3 Å². The molecule has 1 saturated heterocycles. The summed E-state index contributed by atoms with van der Waals surface area (Å²) in [7, 11) is 1.75. The Morgan fingerprint density at radius 1 is 1.57 bits per heavy atom. The lowest BCUT2D eigenvalue weighted by Crippen LogP contribution is -2.49. The van der Waals surface area contributed by atoms with Gasteiger partial charge in [-0.25, -0.2) is 0 Å². The Labute approximate surface area is 143 Å². The summed E-state index contributed by atoms with van der Waals surface area (Å²) in [6.07, 6.45) is 1.67.